The van der Waals surface area contributed by atoms with Crippen LogP contribution in [0.25, 0.3) is 6.08 Å². The molecule has 8 heteroatoms. The third kappa shape index (κ3) is 7.17. The second-order valence-electron chi connectivity index (χ2n) is 7.14. The van der Waals surface area contributed by atoms with Crippen molar-refractivity contribution in [2.24, 2.45) is 0 Å². The number of hydrogen-bond acceptors (Lipinski definition) is 7. The van der Waals surface area contributed by atoms with Crippen LogP contribution in [-0.2, 0) is 4.79 Å². The zero-order valence-corrected chi connectivity index (χ0v) is 19.7. The van der Waals surface area contributed by atoms with Crippen LogP contribution < -0.4 is 29.0 Å². The highest BCUT2D eigenvalue weighted by molar-refractivity contribution is 6.09. The molecule has 0 aliphatic rings. The number of carbonyl (C=O) groups is 1. The van der Waals surface area contributed by atoms with Crippen LogP contribution in [0.4, 0.5) is 5.69 Å². The molecule has 0 spiro atoms. The Hall–Kier alpha value is -4.64. The minimum atomic E-state index is -0.522. The number of amides is 1. The molecule has 0 bridgehead atoms. The Labute approximate surface area is 204 Å². The summed E-state index contributed by atoms with van der Waals surface area (Å²) in [5.41, 5.74) is 1.11. The first-order valence-electron chi connectivity index (χ1n) is 10.7. The molecule has 1 N–H and O–H groups in total. The van der Waals surface area contributed by atoms with Crippen LogP contribution in [0, 0.1) is 11.3 Å². The van der Waals surface area contributed by atoms with Crippen molar-refractivity contribution in [3.8, 4) is 34.8 Å². The molecule has 0 aliphatic carbocycles. The molecule has 0 saturated heterocycles. The van der Waals surface area contributed by atoms with Crippen molar-refractivity contribution in [1.29, 1.82) is 5.26 Å². The monoisotopic (exact) mass is 474 g/mol. The molecule has 0 aliphatic heterocycles. The van der Waals surface area contributed by atoms with E-state index in [-0.39, 0.29) is 12.2 Å². The Balaban J connectivity index is 1.61. The van der Waals surface area contributed by atoms with Crippen molar-refractivity contribution in [3.63, 3.8) is 0 Å². The number of ether oxygens (including phenoxy) is 5. The lowest BCUT2D eigenvalue weighted by Gasteiger charge is -2.12. The Morgan fingerprint density at radius 1 is 0.829 bits per heavy atom. The van der Waals surface area contributed by atoms with Crippen molar-refractivity contribution in [2.75, 3.05) is 39.9 Å². The molecule has 0 atom stereocenters. The van der Waals surface area contributed by atoms with E-state index in [1.807, 2.05) is 24.3 Å². The second-order valence-corrected chi connectivity index (χ2v) is 7.14. The highest BCUT2D eigenvalue weighted by Crippen LogP contribution is 2.29. The Kier molecular flexibility index (Phi) is 8.97. The lowest BCUT2D eigenvalue weighted by molar-refractivity contribution is -0.112. The lowest BCUT2D eigenvalue weighted by Crippen LogP contribution is -2.13. The van der Waals surface area contributed by atoms with E-state index in [9.17, 15) is 10.1 Å². The van der Waals surface area contributed by atoms with Crippen molar-refractivity contribution in [1.82, 2.24) is 0 Å². The largest absolute Gasteiger partial charge is 0.497 e. The summed E-state index contributed by atoms with van der Waals surface area (Å²) in [5, 5.41) is 12.2. The highest BCUT2D eigenvalue weighted by Gasteiger charge is 2.11. The van der Waals surface area contributed by atoms with E-state index in [0.717, 1.165) is 0 Å². The van der Waals surface area contributed by atoms with Gasteiger partial charge in [0, 0.05) is 11.8 Å². The fourth-order valence-corrected chi connectivity index (χ4v) is 3.08. The maximum atomic E-state index is 12.5. The average Bonchev–Trinajstić information content (AvgIpc) is 2.90. The summed E-state index contributed by atoms with van der Waals surface area (Å²) in [6, 6.07) is 21.2. The number of hydrogen-bond donors (Lipinski definition) is 1. The fourth-order valence-electron chi connectivity index (χ4n) is 3.08. The first-order valence-corrected chi connectivity index (χ1v) is 10.7. The summed E-state index contributed by atoms with van der Waals surface area (Å²) >= 11 is 0. The van der Waals surface area contributed by atoms with Crippen LogP contribution in [0.2, 0.25) is 0 Å². The molecule has 1 amide bonds. The standard InChI is InChI=1S/C27H26N2O6/c1-31-22-10-8-21(9-11-22)29-27(30)20(18-28)15-19-7-12-25(26(16-19)33-3)35-14-13-34-24-6-4-5-23(17-24)32-2/h4-12,15-17H,13-14H2,1-3H3,(H,29,30)/b20-15+. The van der Waals surface area contributed by atoms with Crippen LogP contribution in [0.5, 0.6) is 28.7 Å². The SMILES string of the molecule is COc1ccc(NC(=O)/C(C#N)=C/c2ccc(OCCOc3cccc(OC)c3)c(OC)c2)cc1. The molecule has 0 unspecified atom stereocenters. The Morgan fingerprint density at radius 3 is 2.23 bits per heavy atom. The summed E-state index contributed by atoms with van der Waals surface area (Å²) in [6.07, 6.45) is 1.48. The molecule has 35 heavy (non-hydrogen) atoms. The summed E-state index contributed by atoms with van der Waals surface area (Å²) in [7, 11) is 4.68. The molecule has 0 radical (unpaired) electrons. The van der Waals surface area contributed by atoms with Gasteiger partial charge in [-0.25, -0.2) is 0 Å². The molecule has 8 nitrogen and oxygen atoms in total. The quantitative estimate of drug-likeness (QED) is 0.244. The number of benzene rings is 3. The van der Waals surface area contributed by atoms with E-state index < -0.39 is 5.91 Å². The van der Waals surface area contributed by atoms with E-state index in [1.165, 1.54) is 13.2 Å². The van der Waals surface area contributed by atoms with Crippen molar-refractivity contribution in [3.05, 3.63) is 77.9 Å². The van der Waals surface area contributed by atoms with Gasteiger partial charge in [-0.1, -0.05) is 12.1 Å². The molecule has 0 fully saturated rings. The van der Waals surface area contributed by atoms with Gasteiger partial charge in [-0.15, -0.1) is 0 Å². The number of methoxy groups -OCH3 is 3. The van der Waals surface area contributed by atoms with E-state index in [0.29, 0.717) is 46.6 Å². The predicted molar refractivity (Wildman–Crippen MR) is 132 cm³/mol. The van der Waals surface area contributed by atoms with Gasteiger partial charge in [0.05, 0.1) is 21.3 Å². The number of anilines is 1. The molecule has 3 aromatic carbocycles. The smallest absolute Gasteiger partial charge is 0.266 e. The van der Waals surface area contributed by atoms with Crippen LogP contribution in [0.15, 0.2) is 72.3 Å². The topological polar surface area (TPSA) is 99.0 Å². The Bertz CT molecular complexity index is 1220. The van der Waals surface area contributed by atoms with Gasteiger partial charge < -0.3 is 29.0 Å². The van der Waals surface area contributed by atoms with Gasteiger partial charge in [0.2, 0.25) is 0 Å². The van der Waals surface area contributed by atoms with Crippen LogP contribution in [-0.4, -0.2) is 40.5 Å². The van der Waals surface area contributed by atoms with Crippen molar-refractivity contribution >= 4 is 17.7 Å². The molecule has 0 aromatic heterocycles. The summed E-state index contributed by atoms with van der Waals surface area (Å²) in [6.45, 7) is 0.610. The van der Waals surface area contributed by atoms with Crippen LogP contribution >= 0.6 is 0 Å². The maximum Gasteiger partial charge on any atom is 0.266 e. The molecular weight excluding hydrogens is 448 g/mol. The zero-order chi connectivity index (χ0) is 25.0. The number of nitrogens with zero attached hydrogens (tertiary/aromatic N) is 1. The van der Waals surface area contributed by atoms with Crippen molar-refractivity contribution < 1.29 is 28.5 Å². The van der Waals surface area contributed by atoms with Crippen LogP contribution in [0.1, 0.15) is 5.56 Å². The van der Waals surface area contributed by atoms with E-state index in [2.05, 4.69) is 5.32 Å². The third-order valence-electron chi connectivity index (χ3n) is 4.86. The van der Waals surface area contributed by atoms with E-state index >= 15 is 0 Å². The van der Waals surface area contributed by atoms with E-state index in [4.69, 9.17) is 23.7 Å². The summed E-state index contributed by atoms with van der Waals surface area (Å²) in [4.78, 5) is 12.5. The van der Waals surface area contributed by atoms with Crippen LogP contribution in [0.3, 0.4) is 0 Å². The lowest BCUT2D eigenvalue weighted by atomic mass is 10.1. The average molecular weight is 475 g/mol. The van der Waals surface area contributed by atoms with Gasteiger partial charge in [0.25, 0.3) is 5.91 Å². The number of rotatable bonds is 11. The molecular formula is C27H26N2O6. The predicted octanol–water partition coefficient (Wildman–Crippen LogP) is 4.72. The molecule has 0 saturated carbocycles. The van der Waals surface area contributed by atoms with Gasteiger partial charge >= 0.3 is 0 Å². The number of carbonyl (C=O) groups excluding carboxylic acids is 1. The normalized spacial score (nSPS) is 10.6. The zero-order valence-electron chi connectivity index (χ0n) is 19.7. The van der Waals surface area contributed by atoms with Crippen molar-refractivity contribution in [2.45, 2.75) is 0 Å². The third-order valence-corrected chi connectivity index (χ3v) is 4.86. The first-order chi connectivity index (χ1) is 17.1. The summed E-state index contributed by atoms with van der Waals surface area (Å²) in [5.74, 6) is 2.51. The second kappa shape index (κ2) is 12.6. The highest BCUT2D eigenvalue weighted by atomic mass is 16.5. The molecule has 3 rings (SSSR count). The minimum Gasteiger partial charge on any atom is -0.497 e. The summed E-state index contributed by atoms with van der Waals surface area (Å²) < 4.78 is 27.2. The fraction of sp³-hybridized carbons (Fsp3) is 0.185. The maximum absolute atomic E-state index is 12.5. The van der Waals surface area contributed by atoms with Gasteiger partial charge in [-0.2, -0.15) is 5.26 Å². The van der Waals surface area contributed by atoms with Gasteiger partial charge in [0.15, 0.2) is 11.5 Å². The Morgan fingerprint density at radius 2 is 1.54 bits per heavy atom. The molecule has 180 valence electrons. The number of nitriles is 1. The molecule has 3 aromatic rings. The number of nitrogens with one attached hydrogen (secondary N) is 1. The molecule has 0 heterocycles. The van der Waals surface area contributed by atoms with Gasteiger partial charge in [0.1, 0.15) is 42.1 Å². The van der Waals surface area contributed by atoms with Gasteiger partial charge in [-0.3, -0.25) is 4.79 Å². The van der Waals surface area contributed by atoms with Gasteiger partial charge in [-0.05, 0) is 60.2 Å². The minimum absolute atomic E-state index is 0.0526. The first kappa shape index (κ1) is 25.0. The van der Waals surface area contributed by atoms with E-state index in [1.54, 1.807) is 62.8 Å².